The van der Waals surface area contributed by atoms with Gasteiger partial charge in [0.25, 0.3) is 5.91 Å². The molecule has 3 rings (SSSR count). The van der Waals surface area contributed by atoms with Crippen LogP contribution in [0.25, 0.3) is 0 Å². The van der Waals surface area contributed by atoms with Crippen molar-refractivity contribution in [3.05, 3.63) is 77.2 Å². The zero-order chi connectivity index (χ0) is 22.9. The smallest absolute Gasteiger partial charge is 0.379 e. The van der Waals surface area contributed by atoms with Crippen LogP contribution in [0.3, 0.4) is 0 Å². The van der Waals surface area contributed by atoms with E-state index in [-0.39, 0.29) is 18.1 Å². The highest BCUT2D eigenvalue weighted by Gasteiger charge is 2.15. The van der Waals surface area contributed by atoms with Crippen LogP contribution in [0.2, 0.25) is 0 Å². The molecule has 0 atom stereocenters. The van der Waals surface area contributed by atoms with Crippen LogP contribution in [0.1, 0.15) is 34.2 Å². The monoisotopic (exact) mass is 436 g/mol. The van der Waals surface area contributed by atoms with Crippen LogP contribution >= 0.6 is 0 Å². The number of carbonyl (C=O) groups is 2. The molecule has 2 aromatic carbocycles. The van der Waals surface area contributed by atoms with E-state index in [9.17, 15) is 9.59 Å². The van der Waals surface area contributed by atoms with Crippen LogP contribution in [0.5, 0.6) is 17.2 Å². The van der Waals surface area contributed by atoms with E-state index in [1.165, 1.54) is 18.5 Å². The van der Waals surface area contributed by atoms with E-state index in [0.717, 1.165) is 11.1 Å². The van der Waals surface area contributed by atoms with Crippen molar-refractivity contribution in [2.45, 2.75) is 20.8 Å². The molecular weight excluding hydrogens is 412 g/mol. The number of furan rings is 1. The number of rotatable bonds is 9. The Balaban J connectivity index is 1.58. The summed E-state index contributed by atoms with van der Waals surface area (Å²) in [7, 11) is 0. The molecule has 0 radical (unpaired) electrons. The maximum absolute atomic E-state index is 12.1. The van der Waals surface area contributed by atoms with Gasteiger partial charge in [0.1, 0.15) is 5.75 Å². The van der Waals surface area contributed by atoms with Crippen molar-refractivity contribution in [3.63, 3.8) is 0 Å². The van der Waals surface area contributed by atoms with Gasteiger partial charge in [-0.15, -0.1) is 0 Å². The molecule has 0 unspecified atom stereocenters. The lowest BCUT2D eigenvalue weighted by molar-refractivity contribution is -0.123. The van der Waals surface area contributed by atoms with E-state index in [4.69, 9.17) is 18.6 Å². The Bertz CT molecular complexity index is 1110. The molecule has 1 amide bonds. The van der Waals surface area contributed by atoms with Gasteiger partial charge in [0.15, 0.2) is 18.1 Å². The molecule has 1 aromatic heterocycles. The minimum absolute atomic E-state index is 0.0869. The molecule has 0 bridgehead atoms. The summed E-state index contributed by atoms with van der Waals surface area (Å²) >= 11 is 0. The fourth-order valence-electron chi connectivity index (χ4n) is 2.74. The zero-order valence-corrected chi connectivity index (χ0v) is 18.1. The SMILES string of the molecule is CCOc1cc(/C=N/NC(=O)COc2cccc(C)c2C)ccc1OC(=O)c1ccco1. The molecule has 0 saturated heterocycles. The molecule has 1 heterocycles. The van der Waals surface area contributed by atoms with E-state index >= 15 is 0 Å². The number of benzene rings is 2. The van der Waals surface area contributed by atoms with E-state index in [1.807, 2.05) is 39.0 Å². The van der Waals surface area contributed by atoms with Crippen LogP contribution in [0.4, 0.5) is 0 Å². The molecule has 1 N–H and O–H groups in total. The highest BCUT2D eigenvalue weighted by atomic mass is 16.6. The second-order valence-corrected chi connectivity index (χ2v) is 6.79. The van der Waals surface area contributed by atoms with Gasteiger partial charge < -0.3 is 18.6 Å². The maximum atomic E-state index is 12.1. The van der Waals surface area contributed by atoms with Gasteiger partial charge in [0.2, 0.25) is 5.76 Å². The van der Waals surface area contributed by atoms with Crippen LogP contribution in [-0.4, -0.2) is 31.3 Å². The predicted octanol–water partition coefficient (Wildman–Crippen LogP) is 4.04. The maximum Gasteiger partial charge on any atom is 0.379 e. The van der Waals surface area contributed by atoms with Crippen LogP contribution < -0.4 is 19.6 Å². The lowest BCUT2D eigenvalue weighted by atomic mass is 10.1. The molecule has 0 spiro atoms. The Kier molecular flexibility index (Phi) is 7.64. The minimum Gasteiger partial charge on any atom is -0.490 e. The summed E-state index contributed by atoms with van der Waals surface area (Å²) in [6.45, 7) is 5.94. The number of hydrogen-bond acceptors (Lipinski definition) is 7. The summed E-state index contributed by atoms with van der Waals surface area (Å²) in [6.07, 6.45) is 2.84. The largest absolute Gasteiger partial charge is 0.490 e. The topological polar surface area (TPSA) is 99.4 Å². The Morgan fingerprint density at radius 1 is 1.03 bits per heavy atom. The van der Waals surface area contributed by atoms with Crippen molar-refractivity contribution in [1.29, 1.82) is 0 Å². The van der Waals surface area contributed by atoms with Crippen molar-refractivity contribution in [1.82, 2.24) is 5.43 Å². The van der Waals surface area contributed by atoms with E-state index < -0.39 is 11.9 Å². The molecule has 8 nitrogen and oxygen atoms in total. The van der Waals surface area contributed by atoms with Crippen LogP contribution in [-0.2, 0) is 4.79 Å². The predicted molar refractivity (Wildman–Crippen MR) is 118 cm³/mol. The number of carbonyl (C=O) groups excluding carboxylic acids is 2. The quantitative estimate of drug-likeness (QED) is 0.235. The second-order valence-electron chi connectivity index (χ2n) is 6.79. The number of ether oxygens (including phenoxy) is 3. The van der Waals surface area contributed by atoms with Gasteiger partial charge in [-0.3, -0.25) is 4.79 Å². The molecular formula is C24H24N2O6. The first-order chi connectivity index (χ1) is 15.5. The third kappa shape index (κ3) is 5.98. The van der Waals surface area contributed by atoms with Crippen molar-refractivity contribution >= 4 is 18.1 Å². The molecule has 0 aliphatic rings. The van der Waals surface area contributed by atoms with Crippen molar-refractivity contribution in [3.8, 4) is 17.2 Å². The lowest BCUT2D eigenvalue weighted by Crippen LogP contribution is -2.24. The van der Waals surface area contributed by atoms with Gasteiger partial charge >= 0.3 is 5.97 Å². The normalized spacial score (nSPS) is 10.7. The molecule has 0 aliphatic heterocycles. The summed E-state index contributed by atoms with van der Waals surface area (Å²) < 4.78 is 21.5. The number of nitrogens with zero attached hydrogens (tertiary/aromatic N) is 1. The molecule has 0 aliphatic carbocycles. The van der Waals surface area contributed by atoms with Crippen LogP contribution in [0, 0.1) is 13.8 Å². The van der Waals surface area contributed by atoms with Gasteiger partial charge in [-0.05, 0) is 73.9 Å². The van der Waals surface area contributed by atoms with Crippen molar-refractivity contribution < 1.29 is 28.2 Å². The molecule has 8 heteroatoms. The van der Waals surface area contributed by atoms with Crippen LogP contribution in [0.15, 0.2) is 64.3 Å². The first-order valence-corrected chi connectivity index (χ1v) is 10.0. The highest BCUT2D eigenvalue weighted by molar-refractivity contribution is 5.89. The summed E-state index contributed by atoms with van der Waals surface area (Å²) in [5.41, 5.74) is 5.13. The first kappa shape index (κ1) is 22.6. The minimum atomic E-state index is -0.631. The van der Waals surface area contributed by atoms with Gasteiger partial charge in [0, 0.05) is 0 Å². The highest BCUT2D eigenvalue weighted by Crippen LogP contribution is 2.29. The average Bonchev–Trinajstić information content (AvgIpc) is 3.32. The van der Waals surface area contributed by atoms with Gasteiger partial charge in [-0.25, -0.2) is 10.2 Å². The average molecular weight is 436 g/mol. The first-order valence-electron chi connectivity index (χ1n) is 10.0. The van der Waals surface area contributed by atoms with E-state index in [0.29, 0.717) is 23.7 Å². The Labute approximate surface area is 185 Å². The number of hydrazone groups is 1. The third-order valence-electron chi connectivity index (χ3n) is 4.51. The summed E-state index contributed by atoms with van der Waals surface area (Å²) in [5, 5.41) is 3.94. The summed E-state index contributed by atoms with van der Waals surface area (Å²) in [5.74, 6) is 0.330. The number of nitrogens with one attached hydrogen (secondary N) is 1. The lowest BCUT2D eigenvalue weighted by Gasteiger charge is -2.11. The number of aryl methyl sites for hydroxylation is 1. The fourth-order valence-corrected chi connectivity index (χ4v) is 2.74. The zero-order valence-electron chi connectivity index (χ0n) is 18.1. The molecule has 166 valence electrons. The number of hydrogen-bond donors (Lipinski definition) is 1. The Hall–Kier alpha value is -4.07. The van der Waals surface area contributed by atoms with Gasteiger partial charge in [-0.1, -0.05) is 12.1 Å². The second kappa shape index (κ2) is 10.8. The molecule has 32 heavy (non-hydrogen) atoms. The molecule has 0 fully saturated rings. The number of amides is 1. The van der Waals surface area contributed by atoms with Gasteiger partial charge in [-0.2, -0.15) is 5.10 Å². The Morgan fingerprint density at radius 2 is 1.88 bits per heavy atom. The van der Waals surface area contributed by atoms with Crippen molar-refractivity contribution in [2.24, 2.45) is 5.10 Å². The van der Waals surface area contributed by atoms with E-state index in [2.05, 4.69) is 10.5 Å². The summed E-state index contributed by atoms with van der Waals surface area (Å²) in [6, 6.07) is 13.7. The molecule has 0 saturated carbocycles. The Morgan fingerprint density at radius 3 is 2.62 bits per heavy atom. The molecule has 3 aromatic rings. The third-order valence-corrected chi connectivity index (χ3v) is 4.51. The standard InChI is InChI=1S/C24H24N2O6/c1-4-29-22-13-18(10-11-20(22)32-24(28)21-9-6-12-30-21)14-25-26-23(27)15-31-19-8-5-7-16(2)17(19)3/h5-14H,4,15H2,1-3H3,(H,26,27)/b25-14+. The van der Waals surface area contributed by atoms with Gasteiger partial charge in [0.05, 0.1) is 19.1 Å². The number of esters is 1. The fraction of sp³-hybridized carbons (Fsp3) is 0.208. The van der Waals surface area contributed by atoms with Crippen molar-refractivity contribution in [2.75, 3.05) is 13.2 Å². The summed E-state index contributed by atoms with van der Waals surface area (Å²) in [4.78, 5) is 24.1. The van der Waals surface area contributed by atoms with E-state index in [1.54, 1.807) is 24.3 Å².